The molecule has 1 aromatic carbocycles. The van der Waals surface area contributed by atoms with Crippen LogP contribution in [0.2, 0.25) is 0 Å². The zero-order valence-electron chi connectivity index (χ0n) is 12.9. The van der Waals surface area contributed by atoms with Gasteiger partial charge in [-0.25, -0.2) is 0 Å². The van der Waals surface area contributed by atoms with Gasteiger partial charge in [-0.1, -0.05) is 24.0 Å². The largest absolute Gasteiger partial charge is 0.454 e. The Morgan fingerprint density at radius 3 is 2.73 bits per heavy atom. The fraction of sp³-hybridized carbons (Fsp3) is 0.467. The lowest BCUT2D eigenvalue weighted by Gasteiger charge is -2.22. The monoisotopic (exact) mass is 340 g/mol. The minimum absolute atomic E-state index is 0.0848. The van der Waals surface area contributed by atoms with Crippen LogP contribution in [0.4, 0.5) is 5.69 Å². The molecule has 0 saturated heterocycles. The van der Waals surface area contributed by atoms with E-state index < -0.39 is 0 Å². The van der Waals surface area contributed by atoms with Crippen molar-refractivity contribution in [2.45, 2.75) is 26.0 Å². The molecule has 1 aromatic rings. The Hall–Kier alpha value is -1.47. The predicted molar refractivity (Wildman–Crippen MR) is 93.8 cm³/mol. The normalized spacial score (nSPS) is 13.6. The van der Waals surface area contributed by atoms with Gasteiger partial charge >= 0.3 is 0 Å². The highest BCUT2D eigenvalue weighted by molar-refractivity contribution is 8.23. The Kier molecular flexibility index (Phi) is 5.90. The number of hydrogen-bond donors (Lipinski definition) is 1. The predicted octanol–water partition coefficient (Wildman–Crippen LogP) is 3.10. The van der Waals surface area contributed by atoms with E-state index in [0.29, 0.717) is 17.2 Å². The number of thiocarbonyl (C=S) groups is 1. The van der Waals surface area contributed by atoms with E-state index >= 15 is 0 Å². The number of thioether (sulfide) groups is 1. The van der Waals surface area contributed by atoms with Gasteiger partial charge in [-0.15, -0.1) is 0 Å². The van der Waals surface area contributed by atoms with Crippen molar-refractivity contribution >= 4 is 39.9 Å². The van der Waals surface area contributed by atoms with E-state index in [1.807, 2.05) is 20.8 Å². The summed E-state index contributed by atoms with van der Waals surface area (Å²) in [5, 5.41) is 2.61. The summed E-state index contributed by atoms with van der Waals surface area (Å²) in [7, 11) is 0. The summed E-state index contributed by atoms with van der Waals surface area (Å²) in [6.45, 7) is 7.86. The van der Waals surface area contributed by atoms with Crippen molar-refractivity contribution in [3.63, 3.8) is 0 Å². The number of fused-ring (bicyclic) bond motifs is 1. The number of nitrogens with one attached hydrogen (secondary N) is 1. The molecule has 1 aliphatic rings. The van der Waals surface area contributed by atoms with Crippen LogP contribution < -0.4 is 14.8 Å². The third-order valence-electron chi connectivity index (χ3n) is 3.31. The highest BCUT2D eigenvalue weighted by atomic mass is 32.2. The maximum atomic E-state index is 12.3. The van der Waals surface area contributed by atoms with Crippen LogP contribution in [0.5, 0.6) is 11.5 Å². The van der Waals surface area contributed by atoms with Crippen LogP contribution in [0.25, 0.3) is 0 Å². The number of rotatable bonds is 5. The number of carbonyl (C=O) groups excluding carboxylic acids is 1. The van der Waals surface area contributed by atoms with Gasteiger partial charge in [0.1, 0.15) is 4.32 Å². The second-order valence-electron chi connectivity index (χ2n) is 4.76. The third kappa shape index (κ3) is 4.04. The number of hydrogen-bond acceptors (Lipinski definition) is 5. The first-order chi connectivity index (χ1) is 10.5. The van der Waals surface area contributed by atoms with Gasteiger partial charge in [-0.3, -0.25) is 4.79 Å². The van der Waals surface area contributed by atoms with Crippen LogP contribution in [-0.2, 0) is 4.79 Å². The number of benzene rings is 1. The summed E-state index contributed by atoms with van der Waals surface area (Å²) in [5.74, 6) is 1.26. The van der Waals surface area contributed by atoms with E-state index in [-0.39, 0.29) is 18.0 Å². The first-order valence-corrected chi connectivity index (χ1v) is 8.50. The van der Waals surface area contributed by atoms with Crippen LogP contribution in [-0.4, -0.2) is 40.3 Å². The van der Waals surface area contributed by atoms with Gasteiger partial charge in [0, 0.05) is 24.8 Å². The Labute approximate surface area is 140 Å². The first kappa shape index (κ1) is 16.9. The van der Waals surface area contributed by atoms with E-state index in [0.717, 1.165) is 17.4 Å². The molecule has 2 rings (SSSR count). The molecule has 0 spiro atoms. The first-order valence-electron chi connectivity index (χ1n) is 7.21. The minimum atomic E-state index is -0.265. The Balaban J connectivity index is 1.92. The molecule has 120 valence electrons. The lowest BCUT2D eigenvalue weighted by atomic mass is 10.2. The van der Waals surface area contributed by atoms with Crippen molar-refractivity contribution in [1.29, 1.82) is 0 Å². The summed E-state index contributed by atoms with van der Waals surface area (Å²) in [6, 6.07) is 5.35. The molecular formula is C15H20N2O3S2. The second-order valence-corrected chi connectivity index (χ2v) is 6.73. The quantitative estimate of drug-likeness (QED) is 0.831. The third-order valence-corrected chi connectivity index (χ3v) is 4.88. The Morgan fingerprint density at radius 2 is 2.05 bits per heavy atom. The molecule has 0 bridgehead atoms. The molecule has 5 nitrogen and oxygen atoms in total. The average Bonchev–Trinajstić information content (AvgIpc) is 2.95. The van der Waals surface area contributed by atoms with Gasteiger partial charge in [0.05, 0.1) is 5.25 Å². The minimum Gasteiger partial charge on any atom is -0.454 e. The number of nitrogens with zero attached hydrogens (tertiary/aromatic N) is 1. The van der Waals surface area contributed by atoms with Crippen LogP contribution in [0.15, 0.2) is 18.2 Å². The zero-order chi connectivity index (χ0) is 16.1. The molecule has 1 N–H and O–H groups in total. The molecule has 0 fully saturated rings. The summed E-state index contributed by atoms with van der Waals surface area (Å²) in [4.78, 5) is 14.3. The van der Waals surface area contributed by atoms with E-state index in [1.165, 1.54) is 11.8 Å². The lowest BCUT2D eigenvalue weighted by Crippen LogP contribution is -2.31. The SMILES string of the molecule is CCN(CC)C(=S)S[C@@H](C)C(=O)Nc1ccc2c(c1)OCO2. The standard InChI is InChI=1S/C15H20N2O3S2/c1-4-17(5-2)15(21)22-10(3)14(18)16-11-6-7-12-13(8-11)20-9-19-12/h6-8,10H,4-5,9H2,1-3H3,(H,16,18)/t10-/m0/s1. The van der Waals surface area contributed by atoms with Gasteiger partial charge in [-0.2, -0.15) is 0 Å². The van der Waals surface area contributed by atoms with E-state index in [1.54, 1.807) is 18.2 Å². The highest BCUT2D eigenvalue weighted by Crippen LogP contribution is 2.34. The van der Waals surface area contributed by atoms with Crippen molar-refractivity contribution in [2.75, 3.05) is 25.2 Å². The fourth-order valence-corrected chi connectivity index (χ4v) is 3.55. The maximum Gasteiger partial charge on any atom is 0.237 e. The molecule has 1 amide bonds. The molecular weight excluding hydrogens is 320 g/mol. The summed E-state index contributed by atoms with van der Waals surface area (Å²) in [5.41, 5.74) is 0.690. The molecule has 1 atom stereocenters. The van der Waals surface area contributed by atoms with Gasteiger partial charge in [0.2, 0.25) is 12.7 Å². The van der Waals surface area contributed by atoms with Crippen LogP contribution in [0.3, 0.4) is 0 Å². The Morgan fingerprint density at radius 1 is 1.36 bits per heavy atom. The molecule has 0 saturated carbocycles. The number of anilines is 1. The molecule has 0 aromatic heterocycles. The molecule has 0 aliphatic carbocycles. The summed E-state index contributed by atoms with van der Waals surface area (Å²) in [6.07, 6.45) is 0. The smallest absolute Gasteiger partial charge is 0.237 e. The summed E-state index contributed by atoms with van der Waals surface area (Å²) >= 11 is 6.77. The van der Waals surface area contributed by atoms with Crippen molar-refractivity contribution in [1.82, 2.24) is 4.90 Å². The number of ether oxygens (including phenoxy) is 2. The van der Waals surface area contributed by atoms with Crippen LogP contribution in [0.1, 0.15) is 20.8 Å². The Bertz CT molecular complexity index is 562. The van der Waals surface area contributed by atoms with Gasteiger partial charge < -0.3 is 19.7 Å². The zero-order valence-corrected chi connectivity index (χ0v) is 14.6. The topological polar surface area (TPSA) is 50.8 Å². The summed E-state index contributed by atoms with van der Waals surface area (Å²) < 4.78 is 11.3. The fourth-order valence-electron chi connectivity index (χ4n) is 1.98. The van der Waals surface area contributed by atoms with Crippen LogP contribution >= 0.6 is 24.0 Å². The molecule has 0 unspecified atom stereocenters. The lowest BCUT2D eigenvalue weighted by molar-refractivity contribution is -0.115. The van der Waals surface area contributed by atoms with Gasteiger partial charge in [-0.05, 0) is 32.9 Å². The van der Waals surface area contributed by atoms with Gasteiger partial charge in [0.15, 0.2) is 11.5 Å². The second kappa shape index (κ2) is 7.69. The molecule has 7 heteroatoms. The van der Waals surface area contributed by atoms with E-state index in [2.05, 4.69) is 10.2 Å². The van der Waals surface area contributed by atoms with Gasteiger partial charge in [0.25, 0.3) is 0 Å². The molecule has 22 heavy (non-hydrogen) atoms. The van der Waals surface area contributed by atoms with Crippen molar-refractivity contribution in [2.24, 2.45) is 0 Å². The highest BCUT2D eigenvalue weighted by Gasteiger charge is 2.19. The molecule has 0 radical (unpaired) electrons. The maximum absolute atomic E-state index is 12.3. The van der Waals surface area contributed by atoms with Crippen molar-refractivity contribution < 1.29 is 14.3 Å². The van der Waals surface area contributed by atoms with E-state index in [9.17, 15) is 4.79 Å². The van der Waals surface area contributed by atoms with Crippen LogP contribution in [0, 0.1) is 0 Å². The number of amides is 1. The van der Waals surface area contributed by atoms with Crippen molar-refractivity contribution in [3.05, 3.63) is 18.2 Å². The molecule has 1 aliphatic heterocycles. The number of carbonyl (C=O) groups is 1. The average molecular weight is 340 g/mol. The van der Waals surface area contributed by atoms with Crippen molar-refractivity contribution in [3.8, 4) is 11.5 Å². The van der Waals surface area contributed by atoms with E-state index in [4.69, 9.17) is 21.7 Å². The molecule has 1 heterocycles.